The highest BCUT2D eigenvalue weighted by molar-refractivity contribution is 6.03. The van der Waals surface area contributed by atoms with Crippen molar-refractivity contribution in [2.24, 2.45) is 5.41 Å². The van der Waals surface area contributed by atoms with Gasteiger partial charge in [0.2, 0.25) is 5.91 Å². The van der Waals surface area contributed by atoms with Crippen LogP contribution in [0.25, 0.3) is 0 Å². The third kappa shape index (κ3) is 3.32. The van der Waals surface area contributed by atoms with Crippen molar-refractivity contribution in [3.63, 3.8) is 0 Å². The molecular weight excluding hydrogens is 302 g/mol. The van der Waals surface area contributed by atoms with Crippen molar-refractivity contribution in [3.8, 4) is 0 Å². The molecule has 1 aliphatic rings. The van der Waals surface area contributed by atoms with E-state index in [0.29, 0.717) is 19.5 Å². The highest BCUT2D eigenvalue weighted by Gasteiger charge is 2.49. The Labute approximate surface area is 142 Å². The van der Waals surface area contributed by atoms with Gasteiger partial charge in [-0.15, -0.1) is 0 Å². The maximum Gasteiger partial charge on any atom is 0.321 e. The minimum Gasteiger partial charge on any atom is -0.460 e. The summed E-state index contributed by atoms with van der Waals surface area (Å²) in [5.74, 6) is -0.587. The maximum absolute atomic E-state index is 12.7. The first-order chi connectivity index (χ1) is 11.6. The van der Waals surface area contributed by atoms with Crippen LogP contribution in [0, 0.1) is 5.41 Å². The van der Waals surface area contributed by atoms with Crippen molar-refractivity contribution in [1.29, 1.82) is 0 Å². The molecular formula is C20H21NO3. The van der Waals surface area contributed by atoms with Crippen molar-refractivity contribution in [3.05, 3.63) is 71.8 Å². The normalized spacial score (nSPS) is 20.2. The van der Waals surface area contributed by atoms with E-state index < -0.39 is 11.4 Å². The average Bonchev–Trinajstić information content (AvgIpc) is 2.91. The van der Waals surface area contributed by atoms with Gasteiger partial charge in [0.1, 0.15) is 12.0 Å². The molecule has 1 heterocycles. The zero-order valence-corrected chi connectivity index (χ0v) is 13.8. The molecule has 1 fully saturated rings. The quantitative estimate of drug-likeness (QED) is 0.627. The molecule has 0 N–H and O–H groups in total. The molecule has 0 spiro atoms. The van der Waals surface area contributed by atoms with Crippen LogP contribution in [0.5, 0.6) is 0 Å². The summed E-state index contributed by atoms with van der Waals surface area (Å²) in [7, 11) is 0. The van der Waals surface area contributed by atoms with Gasteiger partial charge in [0, 0.05) is 13.1 Å². The third-order valence-electron chi connectivity index (χ3n) is 4.52. The van der Waals surface area contributed by atoms with Gasteiger partial charge < -0.3 is 9.64 Å². The van der Waals surface area contributed by atoms with Gasteiger partial charge in [0.15, 0.2) is 0 Å². The van der Waals surface area contributed by atoms with Crippen molar-refractivity contribution in [2.45, 2.75) is 26.5 Å². The lowest BCUT2D eigenvalue weighted by atomic mass is 9.89. The second-order valence-electron chi connectivity index (χ2n) is 6.36. The molecule has 0 unspecified atom stereocenters. The van der Waals surface area contributed by atoms with Crippen molar-refractivity contribution < 1.29 is 14.3 Å². The van der Waals surface area contributed by atoms with Gasteiger partial charge >= 0.3 is 5.97 Å². The van der Waals surface area contributed by atoms with Gasteiger partial charge in [-0.1, -0.05) is 60.7 Å². The van der Waals surface area contributed by atoms with E-state index >= 15 is 0 Å². The fraction of sp³-hybridized carbons (Fsp3) is 0.300. The summed E-state index contributed by atoms with van der Waals surface area (Å²) in [6, 6.07) is 19.3. The Morgan fingerprint density at radius 3 is 2.25 bits per heavy atom. The number of hydrogen-bond donors (Lipinski definition) is 0. The van der Waals surface area contributed by atoms with E-state index in [0.717, 1.165) is 11.1 Å². The lowest BCUT2D eigenvalue weighted by molar-refractivity contribution is -0.161. The van der Waals surface area contributed by atoms with E-state index in [4.69, 9.17) is 4.74 Å². The molecule has 1 atom stereocenters. The predicted molar refractivity (Wildman–Crippen MR) is 90.8 cm³/mol. The molecule has 4 heteroatoms. The topological polar surface area (TPSA) is 46.6 Å². The number of esters is 1. The smallest absolute Gasteiger partial charge is 0.321 e. The lowest BCUT2D eigenvalue weighted by Crippen LogP contribution is -2.39. The molecule has 2 aromatic carbocycles. The van der Waals surface area contributed by atoms with Gasteiger partial charge in [-0.05, 0) is 24.5 Å². The number of rotatable bonds is 5. The molecule has 0 bridgehead atoms. The minimum atomic E-state index is -1.08. The number of carbonyl (C=O) groups excluding carboxylic acids is 2. The molecule has 1 saturated heterocycles. The first-order valence-corrected chi connectivity index (χ1v) is 8.14. The number of amides is 1. The molecule has 0 radical (unpaired) electrons. The van der Waals surface area contributed by atoms with Crippen LogP contribution < -0.4 is 0 Å². The van der Waals surface area contributed by atoms with E-state index in [2.05, 4.69) is 0 Å². The zero-order chi connectivity index (χ0) is 17.0. The molecule has 124 valence electrons. The first-order valence-electron chi connectivity index (χ1n) is 8.14. The lowest BCUT2D eigenvalue weighted by Gasteiger charge is -2.22. The SMILES string of the molecule is C[C@@]1(C(=O)OCc2ccccc2)CCN(Cc2ccccc2)C1=O. The van der Waals surface area contributed by atoms with Crippen LogP contribution in [0.2, 0.25) is 0 Å². The predicted octanol–water partition coefficient (Wildman–Crippen LogP) is 3.17. The van der Waals surface area contributed by atoms with Crippen LogP contribution in [-0.2, 0) is 27.5 Å². The number of likely N-dealkylation sites (tertiary alicyclic amines) is 1. The van der Waals surface area contributed by atoms with Crippen molar-refractivity contribution >= 4 is 11.9 Å². The minimum absolute atomic E-state index is 0.149. The van der Waals surface area contributed by atoms with Crippen LogP contribution in [0.3, 0.4) is 0 Å². The second kappa shape index (κ2) is 6.87. The van der Waals surface area contributed by atoms with Gasteiger partial charge in [-0.3, -0.25) is 9.59 Å². The Balaban J connectivity index is 1.62. The van der Waals surface area contributed by atoms with Crippen LogP contribution >= 0.6 is 0 Å². The highest BCUT2D eigenvalue weighted by atomic mass is 16.5. The van der Waals surface area contributed by atoms with Crippen molar-refractivity contribution in [1.82, 2.24) is 4.90 Å². The molecule has 0 aromatic heterocycles. The van der Waals surface area contributed by atoms with Gasteiger partial charge in [0.05, 0.1) is 0 Å². The van der Waals surface area contributed by atoms with E-state index in [1.807, 2.05) is 60.7 Å². The summed E-state index contributed by atoms with van der Waals surface area (Å²) in [6.07, 6.45) is 0.492. The Morgan fingerprint density at radius 2 is 1.62 bits per heavy atom. The van der Waals surface area contributed by atoms with E-state index in [9.17, 15) is 9.59 Å². The summed E-state index contributed by atoms with van der Waals surface area (Å²) in [6.45, 7) is 2.99. The summed E-state index contributed by atoms with van der Waals surface area (Å²) in [5, 5.41) is 0. The molecule has 0 aliphatic carbocycles. The number of benzene rings is 2. The molecule has 4 nitrogen and oxygen atoms in total. The second-order valence-corrected chi connectivity index (χ2v) is 6.36. The summed E-state index contributed by atoms with van der Waals surface area (Å²) < 4.78 is 5.40. The fourth-order valence-electron chi connectivity index (χ4n) is 2.94. The van der Waals surface area contributed by atoms with Crippen LogP contribution in [0.4, 0.5) is 0 Å². The molecule has 1 amide bonds. The Kier molecular flexibility index (Phi) is 4.65. The Bertz CT molecular complexity index is 714. The number of hydrogen-bond acceptors (Lipinski definition) is 3. The van der Waals surface area contributed by atoms with Crippen molar-refractivity contribution in [2.75, 3.05) is 6.54 Å². The molecule has 1 aliphatic heterocycles. The number of nitrogens with zero attached hydrogens (tertiary/aromatic N) is 1. The van der Waals surface area contributed by atoms with E-state index in [1.54, 1.807) is 11.8 Å². The Morgan fingerprint density at radius 1 is 1.04 bits per heavy atom. The Hall–Kier alpha value is -2.62. The van der Waals surface area contributed by atoms with Gasteiger partial charge in [-0.2, -0.15) is 0 Å². The zero-order valence-electron chi connectivity index (χ0n) is 13.8. The highest BCUT2D eigenvalue weighted by Crippen LogP contribution is 2.34. The fourth-order valence-corrected chi connectivity index (χ4v) is 2.94. The largest absolute Gasteiger partial charge is 0.460 e. The van der Waals surface area contributed by atoms with Gasteiger partial charge in [0.25, 0.3) is 0 Å². The monoisotopic (exact) mass is 323 g/mol. The first kappa shape index (κ1) is 16.2. The standard InChI is InChI=1S/C20H21NO3/c1-20(19(23)24-15-17-10-6-3-7-11-17)12-13-21(18(20)22)14-16-8-4-2-5-9-16/h2-11H,12-15H2,1H3/t20-/m1/s1. The molecule has 0 saturated carbocycles. The molecule has 3 rings (SSSR count). The van der Waals surface area contributed by atoms with Crippen LogP contribution in [0.15, 0.2) is 60.7 Å². The van der Waals surface area contributed by atoms with Gasteiger partial charge in [-0.25, -0.2) is 0 Å². The summed E-state index contributed by atoms with van der Waals surface area (Å²) in [4.78, 5) is 26.9. The summed E-state index contributed by atoms with van der Waals surface area (Å²) >= 11 is 0. The van der Waals surface area contributed by atoms with E-state index in [1.165, 1.54) is 0 Å². The van der Waals surface area contributed by atoms with Crippen LogP contribution in [0.1, 0.15) is 24.5 Å². The number of carbonyl (C=O) groups is 2. The average molecular weight is 323 g/mol. The third-order valence-corrected chi connectivity index (χ3v) is 4.52. The maximum atomic E-state index is 12.7. The molecule has 2 aromatic rings. The van der Waals surface area contributed by atoms with E-state index in [-0.39, 0.29) is 12.5 Å². The number of ether oxygens (including phenoxy) is 1. The molecule has 24 heavy (non-hydrogen) atoms. The summed E-state index contributed by atoms with van der Waals surface area (Å²) in [5.41, 5.74) is 0.901. The van der Waals surface area contributed by atoms with Crippen LogP contribution in [-0.4, -0.2) is 23.3 Å².